The number of rotatable bonds is 3. The number of carbonyl (C=O) groups is 1. The minimum Gasteiger partial charge on any atom is -0.444 e. The Morgan fingerprint density at radius 3 is 2.29 bits per heavy atom. The average Bonchev–Trinajstić information content (AvgIpc) is 2.09. The predicted molar refractivity (Wildman–Crippen MR) is 68.8 cm³/mol. The highest BCUT2D eigenvalue weighted by atomic mass is 16.6. The average molecular weight is 242 g/mol. The maximum atomic E-state index is 11.9. The van der Waals surface area contributed by atoms with Crippen LogP contribution in [0.25, 0.3) is 0 Å². The van der Waals surface area contributed by atoms with Crippen LogP contribution < -0.4 is 5.73 Å². The number of carbonyl (C=O) groups excluding carboxylic acids is 1. The number of amides is 1. The summed E-state index contributed by atoms with van der Waals surface area (Å²) in [5.41, 5.74) is 5.39. The normalized spacial score (nSPS) is 21.1. The fraction of sp³-hybridized carbons (Fsp3) is 0.923. The Bertz CT molecular complexity index is 282. The second-order valence-corrected chi connectivity index (χ2v) is 6.69. The van der Waals surface area contributed by atoms with Gasteiger partial charge < -0.3 is 15.4 Å². The van der Waals surface area contributed by atoms with Crippen LogP contribution in [0.3, 0.4) is 0 Å². The summed E-state index contributed by atoms with van der Waals surface area (Å²) < 4.78 is 5.38. The van der Waals surface area contributed by atoms with Crippen LogP contribution >= 0.6 is 0 Å². The van der Waals surface area contributed by atoms with Crippen LogP contribution in [0.1, 0.15) is 47.5 Å². The number of nitrogens with two attached hydrogens (primary N) is 1. The van der Waals surface area contributed by atoms with Crippen molar-refractivity contribution in [2.75, 3.05) is 13.1 Å². The van der Waals surface area contributed by atoms with Crippen molar-refractivity contribution in [2.24, 2.45) is 11.1 Å². The molecule has 1 fully saturated rings. The Morgan fingerprint density at radius 1 is 1.35 bits per heavy atom. The zero-order valence-corrected chi connectivity index (χ0v) is 11.7. The van der Waals surface area contributed by atoms with Crippen LogP contribution in [0.2, 0.25) is 0 Å². The van der Waals surface area contributed by atoms with Gasteiger partial charge in [-0.15, -0.1) is 0 Å². The minimum absolute atomic E-state index is 0.0886. The molecule has 0 saturated carbocycles. The lowest BCUT2D eigenvalue weighted by Gasteiger charge is -2.44. The molecule has 1 aliphatic rings. The summed E-state index contributed by atoms with van der Waals surface area (Å²) in [6.45, 7) is 11.4. The monoisotopic (exact) mass is 242 g/mol. The minimum atomic E-state index is -0.416. The van der Waals surface area contributed by atoms with Crippen molar-refractivity contribution in [3.63, 3.8) is 0 Å². The molecule has 1 saturated heterocycles. The summed E-state index contributed by atoms with van der Waals surface area (Å²) >= 11 is 0. The van der Waals surface area contributed by atoms with Gasteiger partial charge in [-0.05, 0) is 45.6 Å². The van der Waals surface area contributed by atoms with E-state index in [2.05, 4.69) is 13.8 Å². The number of likely N-dealkylation sites (tertiary alicyclic amines) is 1. The van der Waals surface area contributed by atoms with E-state index in [1.165, 1.54) is 0 Å². The van der Waals surface area contributed by atoms with Gasteiger partial charge in [0.2, 0.25) is 0 Å². The van der Waals surface area contributed by atoms with Crippen LogP contribution in [0.5, 0.6) is 0 Å². The lowest BCUT2D eigenvalue weighted by atomic mass is 9.82. The van der Waals surface area contributed by atoms with E-state index in [1.807, 2.05) is 25.7 Å². The first-order chi connectivity index (χ1) is 7.64. The summed E-state index contributed by atoms with van der Waals surface area (Å²) in [4.78, 5) is 13.7. The summed E-state index contributed by atoms with van der Waals surface area (Å²) in [7, 11) is 0. The second kappa shape index (κ2) is 4.84. The van der Waals surface area contributed by atoms with Gasteiger partial charge in [-0.2, -0.15) is 0 Å². The standard InChI is InChI=1S/C13H26N2O2/c1-12(2,3)17-11(16)15-7-6-10(15)8-13(4,5)9-14/h10H,6-9,14H2,1-5H3. The van der Waals surface area contributed by atoms with Gasteiger partial charge >= 0.3 is 6.09 Å². The smallest absolute Gasteiger partial charge is 0.410 e. The van der Waals surface area contributed by atoms with Gasteiger partial charge in [0.25, 0.3) is 0 Å². The summed E-state index contributed by atoms with van der Waals surface area (Å²) in [5.74, 6) is 0. The molecule has 1 amide bonds. The van der Waals surface area contributed by atoms with Crippen molar-refractivity contribution in [2.45, 2.75) is 59.1 Å². The van der Waals surface area contributed by atoms with Crippen LogP contribution in [-0.2, 0) is 4.74 Å². The van der Waals surface area contributed by atoms with E-state index in [9.17, 15) is 4.79 Å². The molecule has 0 aromatic rings. The van der Waals surface area contributed by atoms with Gasteiger partial charge in [0, 0.05) is 12.6 Å². The van der Waals surface area contributed by atoms with Crippen molar-refractivity contribution in [1.82, 2.24) is 4.90 Å². The zero-order valence-electron chi connectivity index (χ0n) is 11.7. The maximum Gasteiger partial charge on any atom is 0.410 e. The van der Waals surface area contributed by atoms with Crippen LogP contribution in [0.4, 0.5) is 4.79 Å². The fourth-order valence-corrected chi connectivity index (χ4v) is 1.94. The number of hydrogen-bond acceptors (Lipinski definition) is 3. The third-order valence-electron chi connectivity index (χ3n) is 3.11. The van der Waals surface area contributed by atoms with E-state index in [4.69, 9.17) is 10.5 Å². The second-order valence-electron chi connectivity index (χ2n) is 6.69. The molecular weight excluding hydrogens is 216 g/mol. The molecule has 0 spiro atoms. The zero-order chi connectivity index (χ0) is 13.3. The molecule has 17 heavy (non-hydrogen) atoms. The van der Waals surface area contributed by atoms with Gasteiger partial charge in [0.05, 0.1) is 0 Å². The van der Waals surface area contributed by atoms with Gasteiger partial charge in [-0.3, -0.25) is 0 Å². The summed E-state index contributed by atoms with van der Waals surface area (Å²) in [5, 5.41) is 0. The van der Waals surface area contributed by atoms with Crippen LogP contribution in [-0.4, -0.2) is 35.7 Å². The summed E-state index contributed by atoms with van der Waals surface area (Å²) in [6.07, 6.45) is 1.81. The first-order valence-corrected chi connectivity index (χ1v) is 6.34. The molecule has 1 atom stereocenters. The van der Waals surface area contributed by atoms with E-state index >= 15 is 0 Å². The molecule has 0 aromatic heterocycles. The van der Waals surface area contributed by atoms with Gasteiger partial charge in [-0.1, -0.05) is 13.8 Å². The molecule has 0 aromatic carbocycles. The molecule has 4 heteroatoms. The van der Waals surface area contributed by atoms with Crippen LogP contribution in [0, 0.1) is 5.41 Å². The highest BCUT2D eigenvalue weighted by Crippen LogP contribution is 2.31. The van der Waals surface area contributed by atoms with Gasteiger partial charge in [-0.25, -0.2) is 4.79 Å². The van der Waals surface area contributed by atoms with Crippen molar-refractivity contribution in [3.05, 3.63) is 0 Å². The van der Waals surface area contributed by atoms with Crippen molar-refractivity contribution < 1.29 is 9.53 Å². The SMILES string of the molecule is CC(C)(CN)CC1CCN1C(=O)OC(C)(C)C. The molecular formula is C13H26N2O2. The molecule has 2 N–H and O–H groups in total. The number of ether oxygens (including phenoxy) is 1. The Hall–Kier alpha value is -0.770. The van der Waals surface area contributed by atoms with Crippen molar-refractivity contribution in [3.8, 4) is 0 Å². The molecule has 0 radical (unpaired) electrons. The topological polar surface area (TPSA) is 55.6 Å². The molecule has 1 heterocycles. The number of hydrogen-bond donors (Lipinski definition) is 1. The number of nitrogens with zero attached hydrogens (tertiary/aromatic N) is 1. The Balaban J connectivity index is 2.49. The fourth-order valence-electron chi connectivity index (χ4n) is 1.94. The highest BCUT2D eigenvalue weighted by Gasteiger charge is 2.37. The molecule has 1 rings (SSSR count). The molecule has 1 unspecified atom stereocenters. The molecule has 0 aliphatic carbocycles. The molecule has 1 aliphatic heterocycles. The lowest BCUT2D eigenvalue weighted by Crippen LogP contribution is -2.54. The van der Waals surface area contributed by atoms with E-state index in [1.54, 1.807) is 0 Å². The van der Waals surface area contributed by atoms with E-state index in [0.717, 1.165) is 19.4 Å². The van der Waals surface area contributed by atoms with Crippen LogP contribution in [0.15, 0.2) is 0 Å². The lowest BCUT2D eigenvalue weighted by molar-refractivity contribution is -0.0129. The third kappa shape index (κ3) is 4.19. The molecule has 4 nitrogen and oxygen atoms in total. The first kappa shape index (κ1) is 14.3. The third-order valence-corrected chi connectivity index (χ3v) is 3.11. The van der Waals surface area contributed by atoms with E-state index < -0.39 is 5.60 Å². The maximum absolute atomic E-state index is 11.9. The van der Waals surface area contributed by atoms with Gasteiger partial charge in [0.15, 0.2) is 0 Å². The Kier molecular flexibility index (Phi) is 4.07. The molecule has 0 bridgehead atoms. The quantitative estimate of drug-likeness (QED) is 0.826. The van der Waals surface area contributed by atoms with Gasteiger partial charge in [0.1, 0.15) is 5.60 Å². The molecule has 100 valence electrons. The largest absolute Gasteiger partial charge is 0.444 e. The van der Waals surface area contributed by atoms with Crippen molar-refractivity contribution in [1.29, 1.82) is 0 Å². The van der Waals surface area contributed by atoms with Crippen molar-refractivity contribution >= 4 is 6.09 Å². The van der Waals surface area contributed by atoms with E-state index in [0.29, 0.717) is 12.6 Å². The first-order valence-electron chi connectivity index (χ1n) is 6.34. The Morgan fingerprint density at radius 2 is 1.94 bits per heavy atom. The van der Waals surface area contributed by atoms with E-state index in [-0.39, 0.29) is 11.5 Å². The summed E-state index contributed by atoms with van der Waals surface area (Å²) in [6, 6.07) is 0.295. The Labute approximate surface area is 104 Å². The predicted octanol–water partition coefficient (Wildman–Crippen LogP) is 2.37. The highest BCUT2D eigenvalue weighted by molar-refractivity contribution is 5.69.